The molecule has 25 heavy (non-hydrogen) atoms. The summed E-state index contributed by atoms with van der Waals surface area (Å²) in [5, 5.41) is 3.02. The van der Waals surface area contributed by atoms with E-state index < -0.39 is 5.60 Å². The molecule has 0 unspecified atom stereocenters. The van der Waals surface area contributed by atoms with Crippen LogP contribution in [0.2, 0.25) is 0 Å². The van der Waals surface area contributed by atoms with Crippen LogP contribution in [0.15, 0.2) is 12.3 Å². The standard InChI is InChI=1S/C20H32N2O3/c1-5-11-24-18-16(4)13-17(14-21-18)22-19(23)20(25-12-6-2)9-7-15(3)8-10-20/h13-15H,5-12H2,1-4H3,(H,22,23). The number of carbonyl (C=O) groups excluding carboxylic acids is 1. The molecule has 1 aliphatic carbocycles. The molecule has 1 aromatic rings. The molecule has 0 atom stereocenters. The van der Waals surface area contributed by atoms with E-state index in [1.807, 2.05) is 13.0 Å². The fourth-order valence-electron chi connectivity index (χ4n) is 3.19. The summed E-state index contributed by atoms with van der Waals surface area (Å²) in [7, 11) is 0. The zero-order valence-electron chi connectivity index (χ0n) is 16.1. The van der Waals surface area contributed by atoms with Crippen molar-refractivity contribution in [2.24, 2.45) is 5.92 Å². The first kappa shape index (κ1) is 19.7. The number of hydrogen-bond acceptors (Lipinski definition) is 4. The molecule has 5 heteroatoms. The highest BCUT2D eigenvalue weighted by Crippen LogP contribution is 2.36. The van der Waals surface area contributed by atoms with Crippen LogP contribution in [0.3, 0.4) is 0 Å². The van der Waals surface area contributed by atoms with Crippen molar-refractivity contribution in [3.63, 3.8) is 0 Å². The number of ether oxygens (including phenoxy) is 2. The van der Waals surface area contributed by atoms with Gasteiger partial charge in [-0.15, -0.1) is 0 Å². The van der Waals surface area contributed by atoms with Crippen LogP contribution in [-0.4, -0.2) is 29.7 Å². The molecule has 0 aromatic carbocycles. The van der Waals surface area contributed by atoms with Crippen molar-refractivity contribution in [1.29, 1.82) is 0 Å². The molecular formula is C20H32N2O3. The van der Waals surface area contributed by atoms with Crippen LogP contribution in [0.4, 0.5) is 5.69 Å². The van der Waals surface area contributed by atoms with Gasteiger partial charge in [0.05, 0.1) is 18.5 Å². The van der Waals surface area contributed by atoms with Gasteiger partial charge in [0.1, 0.15) is 5.60 Å². The molecule has 1 aromatic heterocycles. The molecule has 0 spiro atoms. The Morgan fingerprint density at radius 3 is 2.56 bits per heavy atom. The van der Waals surface area contributed by atoms with Crippen molar-refractivity contribution < 1.29 is 14.3 Å². The molecule has 0 saturated heterocycles. The number of carbonyl (C=O) groups is 1. The molecule has 1 fully saturated rings. The van der Waals surface area contributed by atoms with Crippen molar-refractivity contribution in [2.45, 2.75) is 71.8 Å². The number of aromatic nitrogens is 1. The number of pyridine rings is 1. The van der Waals surface area contributed by atoms with E-state index in [0.717, 1.165) is 44.1 Å². The zero-order valence-corrected chi connectivity index (χ0v) is 16.1. The third kappa shape index (κ3) is 5.18. The fraction of sp³-hybridized carbons (Fsp3) is 0.700. The molecule has 0 radical (unpaired) electrons. The lowest BCUT2D eigenvalue weighted by Gasteiger charge is -2.37. The molecule has 1 amide bonds. The van der Waals surface area contributed by atoms with Gasteiger partial charge in [0.25, 0.3) is 5.91 Å². The van der Waals surface area contributed by atoms with Crippen molar-refractivity contribution in [3.8, 4) is 5.88 Å². The maximum absolute atomic E-state index is 13.0. The Balaban J connectivity index is 2.08. The highest BCUT2D eigenvalue weighted by Gasteiger charge is 2.42. The van der Waals surface area contributed by atoms with Gasteiger partial charge in [-0.1, -0.05) is 20.8 Å². The van der Waals surface area contributed by atoms with E-state index in [-0.39, 0.29) is 5.91 Å². The van der Waals surface area contributed by atoms with Gasteiger partial charge in [0.2, 0.25) is 5.88 Å². The second-order valence-electron chi connectivity index (χ2n) is 7.17. The van der Waals surface area contributed by atoms with E-state index in [4.69, 9.17) is 9.47 Å². The molecule has 2 rings (SSSR count). The summed E-state index contributed by atoms with van der Waals surface area (Å²) < 4.78 is 11.7. The van der Waals surface area contributed by atoms with E-state index in [0.29, 0.717) is 30.7 Å². The predicted octanol–water partition coefficient (Wildman–Crippen LogP) is 4.49. The number of nitrogens with one attached hydrogen (secondary N) is 1. The summed E-state index contributed by atoms with van der Waals surface area (Å²) in [6, 6.07) is 1.91. The van der Waals surface area contributed by atoms with Gasteiger partial charge < -0.3 is 14.8 Å². The van der Waals surface area contributed by atoms with Gasteiger partial charge in [0, 0.05) is 12.2 Å². The van der Waals surface area contributed by atoms with Gasteiger partial charge >= 0.3 is 0 Å². The Bertz CT molecular complexity index is 561. The Morgan fingerprint density at radius 1 is 1.28 bits per heavy atom. The summed E-state index contributed by atoms with van der Waals surface area (Å²) in [6.07, 6.45) is 7.13. The molecule has 0 aliphatic heterocycles. The minimum absolute atomic E-state index is 0.0451. The molecule has 0 bridgehead atoms. The lowest BCUT2D eigenvalue weighted by atomic mass is 9.78. The Labute approximate surface area is 151 Å². The first-order valence-corrected chi connectivity index (χ1v) is 9.55. The number of hydrogen-bond donors (Lipinski definition) is 1. The lowest BCUT2D eigenvalue weighted by molar-refractivity contribution is -0.147. The number of anilines is 1. The van der Waals surface area contributed by atoms with Crippen LogP contribution >= 0.6 is 0 Å². The van der Waals surface area contributed by atoms with Gasteiger partial charge in [0.15, 0.2) is 0 Å². The third-order valence-electron chi connectivity index (χ3n) is 4.81. The quantitative estimate of drug-likeness (QED) is 0.752. The van der Waals surface area contributed by atoms with E-state index in [2.05, 4.69) is 31.1 Å². The number of nitrogens with zero attached hydrogens (tertiary/aromatic N) is 1. The SMILES string of the molecule is CCCOc1ncc(NC(=O)C2(OCCC)CCC(C)CC2)cc1C. The van der Waals surface area contributed by atoms with Crippen LogP contribution in [-0.2, 0) is 9.53 Å². The average Bonchev–Trinajstić information content (AvgIpc) is 2.61. The minimum Gasteiger partial charge on any atom is -0.477 e. The number of rotatable bonds is 8. The van der Waals surface area contributed by atoms with Crippen LogP contribution < -0.4 is 10.1 Å². The van der Waals surface area contributed by atoms with E-state index in [9.17, 15) is 4.79 Å². The van der Waals surface area contributed by atoms with Crippen molar-refractivity contribution in [3.05, 3.63) is 17.8 Å². The van der Waals surface area contributed by atoms with E-state index >= 15 is 0 Å². The molecule has 1 aliphatic rings. The van der Waals surface area contributed by atoms with Crippen molar-refractivity contribution >= 4 is 11.6 Å². The van der Waals surface area contributed by atoms with Crippen LogP contribution in [0.5, 0.6) is 5.88 Å². The zero-order chi connectivity index (χ0) is 18.3. The van der Waals surface area contributed by atoms with Gasteiger partial charge in [-0.3, -0.25) is 4.79 Å². The third-order valence-corrected chi connectivity index (χ3v) is 4.81. The highest BCUT2D eigenvalue weighted by molar-refractivity contribution is 5.97. The molecular weight excluding hydrogens is 316 g/mol. The molecule has 1 saturated carbocycles. The lowest BCUT2D eigenvalue weighted by Crippen LogP contribution is -2.48. The number of amides is 1. The minimum atomic E-state index is -0.701. The molecule has 1 heterocycles. The fourth-order valence-corrected chi connectivity index (χ4v) is 3.19. The predicted molar refractivity (Wildman–Crippen MR) is 100.0 cm³/mol. The first-order chi connectivity index (χ1) is 12.0. The topological polar surface area (TPSA) is 60.5 Å². The summed E-state index contributed by atoms with van der Waals surface area (Å²) in [5.74, 6) is 1.24. The van der Waals surface area contributed by atoms with Gasteiger partial charge in [-0.05, 0) is 57.4 Å². The van der Waals surface area contributed by atoms with Crippen LogP contribution in [0.1, 0.15) is 64.9 Å². The molecule has 1 N–H and O–H groups in total. The second kappa shape index (κ2) is 9.18. The second-order valence-corrected chi connectivity index (χ2v) is 7.17. The normalized spacial score (nSPS) is 23.3. The smallest absolute Gasteiger partial charge is 0.256 e. The largest absolute Gasteiger partial charge is 0.477 e. The highest BCUT2D eigenvalue weighted by atomic mass is 16.5. The molecule has 5 nitrogen and oxygen atoms in total. The maximum atomic E-state index is 13.0. The summed E-state index contributed by atoms with van der Waals surface area (Å²) in [4.78, 5) is 17.3. The van der Waals surface area contributed by atoms with Crippen molar-refractivity contribution in [2.75, 3.05) is 18.5 Å². The van der Waals surface area contributed by atoms with Gasteiger partial charge in [-0.25, -0.2) is 4.98 Å². The van der Waals surface area contributed by atoms with Crippen molar-refractivity contribution in [1.82, 2.24) is 4.98 Å². The first-order valence-electron chi connectivity index (χ1n) is 9.55. The maximum Gasteiger partial charge on any atom is 0.256 e. The number of aryl methyl sites for hydroxylation is 1. The molecule has 140 valence electrons. The summed E-state index contributed by atoms with van der Waals surface area (Å²) >= 11 is 0. The van der Waals surface area contributed by atoms with E-state index in [1.165, 1.54) is 0 Å². The summed E-state index contributed by atoms with van der Waals surface area (Å²) in [5.41, 5.74) is 0.921. The average molecular weight is 348 g/mol. The Kier molecular flexibility index (Phi) is 7.24. The van der Waals surface area contributed by atoms with E-state index in [1.54, 1.807) is 6.20 Å². The van der Waals surface area contributed by atoms with Gasteiger partial charge in [-0.2, -0.15) is 0 Å². The van der Waals surface area contributed by atoms with Crippen LogP contribution in [0, 0.1) is 12.8 Å². The summed E-state index contributed by atoms with van der Waals surface area (Å²) in [6.45, 7) is 9.57. The Hall–Kier alpha value is -1.62. The Morgan fingerprint density at radius 2 is 1.96 bits per heavy atom. The van der Waals surface area contributed by atoms with Crippen LogP contribution in [0.25, 0.3) is 0 Å². The monoisotopic (exact) mass is 348 g/mol.